The monoisotopic (exact) mass is 470 g/mol. The SMILES string of the molecule is CN1CCN(S(=O)(=O)c2cc(C(=O)OCC(=O)c3ccccc3)c(Cl)cc2Cl)CC1. The van der Waals surface area contributed by atoms with Crippen LogP contribution in [0, 0.1) is 0 Å². The fraction of sp³-hybridized carbons (Fsp3) is 0.300. The van der Waals surface area contributed by atoms with Crippen LogP contribution in [-0.4, -0.2) is 69.2 Å². The molecule has 1 fully saturated rings. The van der Waals surface area contributed by atoms with Gasteiger partial charge in [0.1, 0.15) is 4.90 Å². The van der Waals surface area contributed by atoms with Gasteiger partial charge in [0.05, 0.1) is 15.6 Å². The lowest BCUT2D eigenvalue weighted by Gasteiger charge is -2.31. The number of halogens is 2. The first-order valence-corrected chi connectivity index (χ1v) is 11.3. The highest BCUT2D eigenvalue weighted by Gasteiger charge is 2.31. The molecule has 3 rings (SSSR count). The summed E-state index contributed by atoms with van der Waals surface area (Å²) in [6, 6.07) is 10.7. The number of rotatable bonds is 6. The molecule has 7 nitrogen and oxygen atoms in total. The molecule has 0 saturated carbocycles. The first-order chi connectivity index (χ1) is 14.2. The molecule has 0 radical (unpaired) electrons. The van der Waals surface area contributed by atoms with E-state index in [2.05, 4.69) is 0 Å². The van der Waals surface area contributed by atoms with Crippen LogP contribution >= 0.6 is 23.2 Å². The van der Waals surface area contributed by atoms with Crippen molar-refractivity contribution in [3.63, 3.8) is 0 Å². The van der Waals surface area contributed by atoms with Gasteiger partial charge in [0, 0.05) is 31.7 Å². The van der Waals surface area contributed by atoms with E-state index in [0.717, 1.165) is 6.07 Å². The van der Waals surface area contributed by atoms with Gasteiger partial charge in [0.25, 0.3) is 0 Å². The van der Waals surface area contributed by atoms with Crippen LogP contribution in [0.1, 0.15) is 20.7 Å². The van der Waals surface area contributed by atoms with E-state index in [4.69, 9.17) is 27.9 Å². The number of hydrogen-bond acceptors (Lipinski definition) is 6. The molecule has 2 aromatic carbocycles. The number of sulfonamides is 1. The molecule has 160 valence electrons. The first-order valence-electron chi connectivity index (χ1n) is 9.13. The van der Waals surface area contributed by atoms with E-state index in [1.165, 1.54) is 10.4 Å². The Bertz CT molecular complexity index is 1050. The van der Waals surface area contributed by atoms with Crippen molar-refractivity contribution in [3.8, 4) is 0 Å². The number of piperazine rings is 1. The average molecular weight is 471 g/mol. The molecule has 0 bridgehead atoms. The van der Waals surface area contributed by atoms with Crippen molar-refractivity contribution in [1.82, 2.24) is 9.21 Å². The van der Waals surface area contributed by atoms with Crippen LogP contribution in [0.2, 0.25) is 10.0 Å². The van der Waals surface area contributed by atoms with Gasteiger partial charge in [-0.3, -0.25) is 4.79 Å². The number of likely N-dealkylation sites (N-methyl/N-ethyl adjacent to an activating group) is 1. The van der Waals surface area contributed by atoms with Crippen molar-refractivity contribution < 1.29 is 22.7 Å². The fourth-order valence-electron chi connectivity index (χ4n) is 2.97. The van der Waals surface area contributed by atoms with Gasteiger partial charge < -0.3 is 9.64 Å². The summed E-state index contributed by atoms with van der Waals surface area (Å²) in [5.74, 6) is -1.30. The summed E-state index contributed by atoms with van der Waals surface area (Å²) >= 11 is 12.2. The third-order valence-electron chi connectivity index (χ3n) is 4.75. The number of ether oxygens (including phenoxy) is 1. The Morgan fingerprint density at radius 3 is 2.27 bits per heavy atom. The Morgan fingerprint density at radius 1 is 1.00 bits per heavy atom. The predicted molar refractivity (Wildman–Crippen MR) is 114 cm³/mol. The summed E-state index contributed by atoms with van der Waals surface area (Å²) < 4.78 is 32.4. The Hall–Kier alpha value is -1.97. The van der Waals surface area contributed by atoms with E-state index in [0.29, 0.717) is 31.7 Å². The maximum absolute atomic E-state index is 13.0. The van der Waals surface area contributed by atoms with Crippen molar-refractivity contribution in [3.05, 3.63) is 63.6 Å². The van der Waals surface area contributed by atoms with E-state index in [1.807, 2.05) is 11.9 Å². The Morgan fingerprint density at radius 2 is 1.63 bits per heavy atom. The lowest BCUT2D eigenvalue weighted by Crippen LogP contribution is -2.47. The zero-order chi connectivity index (χ0) is 21.9. The fourth-order valence-corrected chi connectivity index (χ4v) is 5.21. The van der Waals surface area contributed by atoms with Crippen molar-refractivity contribution in [2.24, 2.45) is 0 Å². The van der Waals surface area contributed by atoms with E-state index < -0.39 is 22.6 Å². The Kier molecular flexibility index (Phi) is 7.15. The number of nitrogens with zero attached hydrogens (tertiary/aromatic N) is 2. The second-order valence-electron chi connectivity index (χ2n) is 6.84. The highest BCUT2D eigenvalue weighted by Crippen LogP contribution is 2.31. The standard InChI is InChI=1S/C20H20Cl2N2O5S/c1-23-7-9-24(10-8-23)30(27,28)19-11-15(16(21)12-17(19)22)20(26)29-13-18(25)14-5-3-2-4-6-14/h2-6,11-12H,7-10,13H2,1H3. The van der Waals surface area contributed by atoms with Gasteiger partial charge >= 0.3 is 5.97 Å². The number of Topliss-reactive ketones (excluding diaryl/α,β-unsaturated/α-hetero) is 1. The quantitative estimate of drug-likeness (QED) is 0.476. The molecule has 0 spiro atoms. The molecule has 0 aliphatic carbocycles. The molecule has 0 N–H and O–H groups in total. The second kappa shape index (κ2) is 9.45. The maximum Gasteiger partial charge on any atom is 0.340 e. The van der Waals surface area contributed by atoms with E-state index in [1.54, 1.807) is 30.3 Å². The summed E-state index contributed by atoms with van der Waals surface area (Å²) in [5.41, 5.74) is 0.223. The zero-order valence-corrected chi connectivity index (χ0v) is 18.5. The predicted octanol–water partition coefficient (Wildman–Crippen LogP) is 2.97. The number of esters is 1. The van der Waals surface area contributed by atoms with Gasteiger partial charge in [0.2, 0.25) is 10.0 Å². The number of carbonyl (C=O) groups excluding carboxylic acids is 2. The van der Waals surface area contributed by atoms with E-state index in [9.17, 15) is 18.0 Å². The molecule has 1 aliphatic heterocycles. The highest BCUT2D eigenvalue weighted by atomic mass is 35.5. The molecule has 0 aromatic heterocycles. The number of ketones is 1. The van der Waals surface area contributed by atoms with Crippen LogP contribution in [0.25, 0.3) is 0 Å². The summed E-state index contributed by atoms with van der Waals surface area (Å²) in [6.45, 7) is 1.29. The molecule has 0 unspecified atom stereocenters. The average Bonchev–Trinajstić information content (AvgIpc) is 2.72. The molecule has 30 heavy (non-hydrogen) atoms. The maximum atomic E-state index is 13.0. The highest BCUT2D eigenvalue weighted by molar-refractivity contribution is 7.89. The summed E-state index contributed by atoms with van der Waals surface area (Å²) in [4.78, 5) is 26.4. The number of carbonyl (C=O) groups is 2. The van der Waals surface area contributed by atoms with Crippen molar-refractivity contribution >= 4 is 45.0 Å². The molecule has 0 amide bonds. The Labute approximate surface area is 185 Å². The van der Waals surface area contributed by atoms with Crippen LogP contribution in [0.3, 0.4) is 0 Å². The van der Waals surface area contributed by atoms with Crippen LogP contribution < -0.4 is 0 Å². The minimum Gasteiger partial charge on any atom is -0.454 e. The number of hydrogen-bond donors (Lipinski definition) is 0. The van der Waals surface area contributed by atoms with Gasteiger partial charge in [-0.15, -0.1) is 0 Å². The molecular formula is C20H20Cl2N2O5S. The molecule has 2 aromatic rings. The molecule has 1 saturated heterocycles. The summed E-state index contributed by atoms with van der Waals surface area (Å²) in [6.07, 6.45) is 0. The molecular weight excluding hydrogens is 451 g/mol. The van der Waals surface area contributed by atoms with Gasteiger partial charge in [-0.25, -0.2) is 13.2 Å². The van der Waals surface area contributed by atoms with Gasteiger partial charge in [-0.2, -0.15) is 4.31 Å². The van der Waals surface area contributed by atoms with Gasteiger partial charge in [0.15, 0.2) is 12.4 Å². The Balaban J connectivity index is 1.80. The molecule has 1 heterocycles. The zero-order valence-electron chi connectivity index (χ0n) is 16.2. The van der Waals surface area contributed by atoms with E-state index >= 15 is 0 Å². The molecule has 0 atom stereocenters. The minimum absolute atomic E-state index is 0.0607. The van der Waals surface area contributed by atoms with Crippen molar-refractivity contribution in [2.75, 3.05) is 39.8 Å². The molecule has 1 aliphatic rings. The van der Waals surface area contributed by atoms with Crippen LogP contribution in [0.4, 0.5) is 0 Å². The third-order valence-corrected chi connectivity index (χ3v) is 7.43. The van der Waals surface area contributed by atoms with Crippen LogP contribution in [0.5, 0.6) is 0 Å². The summed E-state index contributed by atoms with van der Waals surface area (Å²) in [7, 11) is -2.01. The smallest absolute Gasteiger partial charge is 0.340 e. The lowest BCUT2D eigenvalue weighted by atomic mass is 10.1. The minimum atomic E-state index is -3.92. The molecule has 10 heteroatoms. The van der Waals surface area contributed by atoms with Gasteiger partial charge in [-0.05, 0) is 19.2 Å². The van der Waals surface area contributed by atoms with Crippen LogP contribution in [-0.2, 0) is 14.8 Å². The largest absolute Gasteiger partial charge is 0.454 e. The first kappa shape index (κ1) is 22.7. The number of benzene rings is 2. The third kappa shape index (κ3) is 5.01. The normalized spacial score (nSPS) is 15.7. The second-order valence-corrected chi connectivity index (χ2v) is 9.56. The van der Waals surface area contributed by atoms with Gasteiger partial charge in [-0.1, -0.05) is 53.5 Å². The topological polar surface area (TPSA) is 84.0 Å². The lowest BCUT2D eigenvalue weighted by molar-refractivity contribution is 0.0474. The van der Waals surface area contributed by atoms with Crippen LogP contribution in [0.15, 0.2) is 47.4 Å². The summed E-state index contributed by atoms with van der Waals surface area (Å²) in [5, 5.41) is -0.148. The van der Waals surface area contributed by atoms with Crippen molar-refractivity contribution in [1.29, 1.82) is 0 Å². The van der Waals surface area contributed by atoms with E-state index in [-0.39, 0.29) is 26.3 Å². The van der Waals surface area contributed by atoms with Crippen molar-refractivity contribution in [2.45, 2.75) is 4.90 Å².